The van der Waals surface area contributed by atoms with E-state index >= 15 is 0 Å². The first-order valence-corrected chi connectivity index (χ1v) is 6.29. The van der Waals surface area contributed by atoms with Gasteiger partial charge in [-0.3, -0.25) is 9.55 Å². The van der Waals surface area contributed by atoms with Gasteiger partial charge in [-0.15, -0.1) is 0 Å². The standard InChI is InChI=1S/C11H24BNO3/c1-4-7-8-9-10(5-2)11(14)13-16-12(15)6-3/h10,15H,4-9H2,1-3H3,(H,13,14). The highest BCUT2D eigenvalue weighted by atomic mass is 16.7. The summed E-state index contributed by atoms with van der Waals surface area (Å²) >= 11 is 0. The highest BCUT2D eigenvalue weighted by molar-refractivity contribution is 6.42. The van der Waals surface area contributed by atoms with Gasteiger partial charge in [-0.05, 0) is 19.2 Å². The predicted molar refractivity (Wildman–Crippen MR) is 65.6 cm³/mol. The molecule has 16 heavy (non-hydrogen) atoms. The van der Waals surface area contributed by atoms with Gasteiger partial charge < -0.3 is 5.02 Å². The van der Waals surface area contributed by atoms with Crippen molar-refractivity contribution in [2.75, 3.05) is 0 Å². The number of hydroxylamine groups is 1. The molecule has 0 aliphatic heterocycles. The maximum Gasteiger partial charge on any atom is 0.478 e. The first kappa shape index (κ1) is 15.5. The van der Waals surface area contributed by atoms with E-state index < -0.39 is 7.12 Å². The number of rotatable bonds is 9. The summed E-state index contributed by atoms with van der Waals surface area (Å²) < 4.78 is 4.80. The summed E-state index contributed by atoms with van der Waals surface area (Å²) in [5.41, 5.74) is 2.32. The molecule has 0 aliphatic rings. The van der Waals surface area contributed by atoms with Gasteiger partial charge in [0.1, 0.15) is 0 Å². The van der Waals surface area contributed by atoms with Crippen LogP contribution in [0, 0.1) is 5.92 Å². The normalized spacial score (nSPS) is 12.2. The molecule has 0 radical (unpaired) electrons. The molecule has 0 aromatic rings. The Bertz CT molecular complexity index is 190. The zero-order valence-electron chi connectivity index (χ0n) is 10.7. The molecular formula is C11H24BNO3. The molecule has 0 fully saturated rings. The molecule has 0 heterocycles. The molecule has 0 rings (SSSR count). The first-order valence-electron chi connectivity index (χ1n) is 6.29. The van der Waals surface area contributed by atoms with Crippen molar-refractivity contribution in [2.45, 2.75) is 59.2 Å². The van der Waals surface area contributed by atoms with E-state index in [-0.39, 0.29) is 11.8 Å². The molecule has 4 nitrogen and oxygen atoms in total. The summed E-state index contributed by atoms with van der Waals surface area (Å²) in [7, 11) is -0.905. The topological polar surface area (TPSA) is 58.6 Å². The maximum absolute atomic E-state index is 11.6. The Kier molecular flexibility index (Phi) is 9.34. The van der Waals surface area contributed by atoms with Crippen LogP contribution in [0.25, 0.3) is 0 Å². The minimum atomic E-state index is -0.905. The third-order valence-corrected chi connectivity index (χ3v) is 2.66. The number of unbranched alkanes of at least 4 members (excludes halogenated alkanes) is 2. The van der Waals surface area contributed by atoms with Crippen LogP contribution in [0.1, 0.15) is 52.9 Å². The van der Waals surface area contributed by atoms with Gasteiger partial charge in [0, 0.05) is 5.92 Å². The molecule has 0 bridgehead atoms. The molecule has 0 aromatic carbocycles. The minimum Gasteiger partial charge on any atom is -0.426 e. The second kappa shape index (κ2) is 9.66. The Morgan fingerprint density at radius 2 is 2.06 bits per heavy atom. The van der Waals surface area contributed by atoms with Crippen LogP contribution in [0.3, 0.4) is 0 Å². The van der Waals surface area contributed by atoms with Crippen molar-refractivity contribution in [1.29, 1.82) is 0 Å². The molecule has 5 heteroatoms. The van der Waals surface area contributed by atoms with E-state index in [1.165, 1.54) is 0 Å². The van der Waals surface area contributed by atoms with Gasteiger partial charge in [-0.25, -0.2) is 5.48 Å². The Labute approximate surface area is 98.9 Å². The van der Waals surface area contributed by atoms with Gasteiger partial charge in [0.15, 0.2) is 0 Å². The zero-order valence-corrected chi connectivity index (χ0v) is 10.7. The van der Waals surface area contributed by atoms with E-state index in [1.807, 2.05) is 6.92 Å². The van der Waals surface area contributed by atoms with Crippen LogP contribution in [-0.2, 0) is 9.55 Å². The van der Waals surface area contributed by atoms with E-state index in [0.717, 1.165) is 32.1 Å². The van der Waals surface area contributed by atoms with E-state index in [9.17, 15) is 4.79 Å². The molecule has 2 N–H and O–H groups in total. The smallest absolute Gasteiger partial charge is 0.426 e. The molecule has 0 aromatic heterocycles. The lowest BCUT2D eigenvalue weighted by Crippen LogP contribution is -2.36. The fourth-order valence-electron chi connectivity index (χ4n) is 1.45. The first-order chi connectivity index (χ1) is 7.65. The average Bonchev–Trinajstić information content (AvgIpc) is 2.31. The maximum atomic E-state index is 11.6. The second-order valence-corrected chi connectivity index (χ2v) is 4.05. The molecule has 1 amide bonds. The van der Waals surface area contributed by atoms with Gasteiger partial charge in [0.25, 0.3) is 0 Å². The Hall–Kier alpha value is -0.545. The van der Waals surface area contributed by atoms with Crippen molar-refractivity contribution in [3.05, 3.63) is 0 Å². The fraction of sp³-hybridized carbons (Fsp3) is 0.909. The molecule has 94 valence electrons. The molecule has 0 spiro atoms. The SMILES string of the molecule is CCCCCC(CC)C(=O)NOB(O)CC. The lowest BCUT2D eigenvalue weighted by molar-refractivity contribution is -0.133. The van der Waals surface area contributed by atoms with Crippen LogP contribution in [0.5, 0.6) is 0 Å². The predicted octanol–water partition coefficient (Wildman–Crippen LogP) is 2.14. The van der Waals surface area contributed by atoms with Crippen LogP contribution < -0.4 is 5.48 Å². The van der Waals surface area contributed by atoms with Gasteiger partial charge in [-0.2, -0.15) is 0 Å². The van der Waals surface area contributed by atoms with Crippen LogP contribution in [0.15, 0.2) is 0 Å². The zero-order chi connectivity index (χ0) is 12.4. The van der Waals surface area contributed by atoms with Crippen molar-refractivity contribution in [1.82, 2.24) is 5.48 Å². The van der Waals surface area contributed by atoms with Crippen molar-refractivity contribution in [3.63, 3.8) is 0 Å². The molecule has 0 saturated heterocycles. The summed E-state index contributed by atoms with van der Waals surface area (Å²) in [4.78, 5) is 11.6. The third-order valence-electron chi connectivity index (χ3n) is 2.66. The lowest BCUT2D eigenvalue weighted by atomic mass is 9.88. The summed E-state index contributed by atoms with van der Waals surface area (Å²) in [5.74, 6) is -0.123. The number of amides is 1. The molecule has 1 atom stereocenters. The van der Waals surface area contributed by atoms with Crippen molar-refractivity contribution in [2.24, 2.45) is 5.92 Å². The molecule has 0 aliphatic carbocycles. The van der Waals surface area contributed by atoms with Crippen molar-refractivity contribution in [3.8, 4) is 0 Å². The monoisotopic (exact) mass is 229 g/mol. The van der Waals surface area contributed by atoms with E-state index in [4.69, 9.17) is 9.78 Å². The highest BCUT2D eigenvalue weighted by Gasteiger charge is 2.18. The number of hydrogen-bond donors (Lipinski definition) is 2. The Morgan fingerprint density at radius 1 is 1.38 bits per heavy atom. The third kappa shape index (κ3) is 6.85. The highest BCUT2D eigenvalue weighted by Crippen LogP contribution is 2.13. The Balaban J connectivity index is 3.82. The van der Waals surface area contributed by atoms with Gasteiger partial charge in [0.2, 0.25) is 5.91 Å². The van der Waals surface area contributed by atoms with Gasteiger partial charge in [0.05, 0.1) is 0 Å². The quantitative estimate of drug-likeness (QED) is 0.361. The van der Waals surface area contributed by atoms with Crippen molar-refractivity contribution < 1.29 is 14.6 Å². The number of carbonyl (C=O) groups is 1. The van der Waals surface area contributed by atoms with Crippen LogP contribution in [-0.4, -0.2) is 18.0 Å². The number of nitrogens with one attached hydrogen (secondary N) is 1. The molecule has 1 unspecified atom stereocenters. The summed E-state index contributed by atoms with van der Waals surface area (Å²) in [6.07, 6.45) is 5.54. The second-order valence-electron chi connectivity index (χ2n) is 4.05. The number of hydrogen-bond acceptors (Lipinski definition) is 3. The average molecular weight is 229 g/mol. The van der Waals surface area contributed by atoms with E-state index in [0.29, 0.717) is 6.32 Å². The van der Waals surface area contributed by atoms with Crippen LogP contribution in [0.2, 0.25) is 6.32 Å². The van der Waals surface area contributed by atoms with Crippen LogP contribution >= 0.6 is 0 Å². The largest absolute Gasteiger partial charge is 0.478 e. The van der Waals surface area contributed by atoms with Gasteiger partial charge >= 0.3 is 7.12 Å². The van der Waals surface area contributed by atoms with Crippen molar-refractivity contribution >= 4 is 13.0 Å². The van der Waals surface area contributed by atoms with E-state index in [1.54, 1.807) is 6.92 Å². The van der Waals surface area contributed by atoms with Gasteiger partial charge in [-0.1, -0.05) is 40.0 Å². The fourth-order valence-corrected chi connectivity index (χ4v) is 1.45. The minimum absolute atomic E-state index is 0.00407. The Morgan fingerprint density at radius 3 is 2.56 bits per heavy atom. The molecule has 0 saturated carbocycles. The summed E-state index contributed by atoms with van der Waals surface area (Å²) in [6.45, 7) is 5.92. The summed E-state index contributed by atoms with van der Waals surface area (Å²) in [6, 6.07) is 0. The molecular weight excluding hydrogens is 205 g/mol. The summed E-state index contributed by atoms with van der Waals surface area (Å²) in [5, 5.41) is 9.14. The van der Waals surface area contributed by atoms with Crippen LogP contribution in [0.4, 0.5) is 0 Å². The number of carbonyl (C=O) groups excluding carboxylic acids is 1. The lowest BCUT2D eigenvalue weighted by Gasteiger charge is -2.15. The van der Waals surface area contributed by atoms with E-state index in [2.05, 4.69) is 12.4 Å².